The van der Waals surface area contributed by atoms with E-state index >= 15 is 0 Å². The highest BCUT2D eigenvalue weighted by Gasteiger charge is 2.49. The molecule has 1 aliphatic heterocycles. The van der Waals surface area contributed by atoms with Crippen molar-refractivity contribution in [2.45, 2.75) is 26.8 Å². The van der Waals surface area contributed by atoms with Gasteiger partial charge in [-0.05, 0) is 68.3 Å². The second-order valence-electron chi connectivity index (χ2n) is 9.95. The van der Waals surface area contributed by atoms with Gasteiger partial charge >= 0.3 is 5.91 Å². The largest absolute Gasteiger partial charge is 0.505 e. The van der Waals surface area contributed by atoms with Gasteiger partial charge in [0.2, 0.25) is 0 Å². The van der Waals surface area contributed by atoms with Crippen molar-refractivity contribution in [2.24, 2.45) is 0 Å². The number of aryl methyl sites for hydroxylation is 2. The van der Waals surface area contributed by atoms with E-state index in [9.17, 15) is 14.7 Å². The number of pyridine rings is 1. The van der Waals surface area contributed by atoms with E-state index in [1.54, 1.807) is 49.4 Å². The second kappa shape index (κ2) is 11.2. The van der Waals surface area contributed by atoms with Crippen molar-refractivity contribution in [3.05, 3.63) is 100 Å². The van der Waals surface area contributed by atoms with Crippen LogP contribution in [0.15, 0.2) is 73.0 Å². The van der Waals surface area contributed by atoms with Gasteiger partial charge in [0.25, 0.3) is 5.78 Å². The molecule has 0 radical (unpaired) electrons. The number of anilines is 1. The lowest BCUT2D eigenvalue weighted by Gasteiger charge is -2.24. The van der Waals surface area contributed by atoms with Gasteiger partial charge in [0.15, 0.2) is 22.4 Å². The number of hydrogen-bond acceptors (Lipinski definition) is 8. The fraction of sp³-hybridized carbons (Fsp3) is 0.188. The molecule has 1 aliphatic rings. The van der Waals surface area contributed by atoms with E-state index in [0.29, 0.717) is 45.5 Å². The Labute approximate surface area is 256 Å². The number of ketones is 1. The van der Waals surface area contributed by atoms with Crippen molar-refractivity contribution in [1.29, 1.82) is 0 Å². The van der Waals surface area contributed by atoms with E-state index in [2.05, 4.69) is 16.5 Å². The molecule has 0 spiro atoms. The van der Waals surface area contributed by atoms with Crippen LogP contribution < -0.4 is 14.4 Å². The quantitative estimate of drug-likeness (QED) is 0.0886. The van der Waals surface area contributed by atoms with Crippen molar-refractivity contribution in [2.75, 3.05) is 18.1 Å². The number of halogens is 1. The number of aliphatic hydroxyl groups excluding tert-OH is 1. The van der Waals surface area contributed by atoms with Crippen LogP contribution in [0.4, 0.5) is 5.13 Å². The Morgan fingerprint density at radius 3 is 2.67 bits per heavy atom. The van der Waals surface area contributed by atoms with Crippen molar-refractivity contribution in [3.8, 4) is 11.5 Å². The summed E-state index contributed by atoms with van der Waals surface area (Å²) in [5, 5.41) is 12.6. The van der Waals surface area contributed by atoms with Crippen LogP contribution in [0.25, 0.3) is 21.6 Å². The summed E-state index contributed by atoms with van der Waals surface area (Å²) in [6, 6.07) is 13.1. The number of benzene rings is 2. The van der Waals surface area contributed by atoms with E-state index in [1.807, 2.05) is 36.6 Å². The van der Waals surface area contributed by atoms with Gasteiger partial charge in [0, 0.05) is 11.2 Å². The zero-order chi connectivity index (χ0) is 30.4. The third-order valence-electron chi connectivity index (χ3n) is 7.24. The molecule has 0 bridgehead atoms. The molecule has 0 saturated carbocycles. The molecule has 1 unspecified atom stereocenters. The average Bonchev–Trinajstić information content (AvgIpc) is 3.64. The maximum Gasteiger partial charge on any atom is 0.301 e. The zero-order valence-corrected chi connectivity index (χ0v) is 25.2. The van der Waals surface area contributed by atoms with Crippen molar-refractivity contribution >= 4 is 61.4 Å². The van der Waals surface area contributed by atoms with Gasteiger partial charge in [-0.1, -0.05) is 47.7 Å². The number of carbonyl (C=O) groups excluding carboxylic acids is 2. The zero-order valence-electron chi connectivity index (χ0n) is 23.6. The van der Waals surface area contributed by atoms with E-state index in [4.69, 9.17) is 21.1 Å². The Balaban J connectivity index is 1.59. The maximum absolute atomic E-state index is 13.8. The molecule has 218 valence electrons. The van der Waals surface area contributed by atoms with Gasteiger partial charge in [0.1, 0.15) is 17.9 Å². The molecule has 9 nitrogen and oxygen atoms in total. The van der Waals surface area contributed by atoms with Crippen LogP contribution in [0.5, 0.6) is 11.5 Å². The fourth-order valence-corrected chi connectivity index (χ4v) is 6.51. The van der Waals surface area contributed by atoms with Crippen LogP contribution in [0.3, 0.4) is 0 Å². The first kappa shape index (κ1) is 28.4. The summed E-state index contributed by atoms with van der Waals surface area (Å²) in [7, 11) is 0. The van der Waals surface area contributed by atoms with Gasteiger partial charge in [0.05, 0.1) is 34.1 Å². The molecule has 1 saturated heterocycles. The number of amides is 1. The summed E-state index contributed by atoms with van der Waals surface area (Å²) < 4.78 is 14.2. The molecule has 1 atom stereocenters. The third-order valence-corrected chi connectivity index (χ3v) is 8.49. The number of hydrogen-bond donors (Lipinski definition) is 1. The molecule has 11 heteroatoms. The number of rotatable bonds is 8. The molecular weight excluding hydrogens is 588 g/mol. The van der Waals surface area contributed by atoms with Crippen molar-refractivity contribution < 1.29 is 24.2 Å². The SMILES string of the molecule is C=CCOc1ccc(C2/C(=C(\O)c3nc4c(C)cccn4c3C)C(=O)C(=O)N2c2nc3ccc(Cl)cc3s2)cc1OCC. The summed E-state index contributed by atoms with van der Waals surface area (Å²) in [5.41, 5.74) is 3.41. The molecule has 1 fully saturated rings. The number of ether oxygens (including phenoxy) is 2. The van der Waals surface area contributed by atoms with Gasteiger partial charge < -0.3 is 19.0 Å². The molecule has 6 rings (SSSR count). The number of carbonyl (C=O) groups is 2. The number of fused-ring (bicyclic) bond motifs is 2. The van der Waals surface area contributed by atoms with E-state index in [1.165, 1.54) is 16.2 Å². The van der Waals surface area contributed by atoms with Crippen LogP contribution in [0.1, 0.15) is 35.5 Å². The number of thiazole rings is 1. The minimum Gasteiger partial charge on any atom is -0.505 e. The van der Waals surface area contributed by atoms with Crippen LogP contribution >= 0.6 is 22.9 Å². The van der Waals surface area contributed by atoms with Crippen LogP contribution in [0.2, 0.25) is 5.02 Å². The van der Waals surface area contributed by atoms with Gasteiger partial charge in [-0.2, -0.15) is 0 Å². The van der Waals surface area contributed by atoms with Gasteiger partial charge in [-0.25, -0.2) is 9.97 Å². The first-order chi connectivity index (χ1) is 20.7. The lowest BCUT2D eigenvalue weighted by Crippen LogP contribution is -2.29. The average molecular weight is 615 g/mol. The third kappa shape index (κ3) is 4.82. The Morgan fingerprint density at radius 1 is 1.12 bits per heavy atom. The molecule has 5 aromatic rings. The van der Waals surface area contributed by atoms with E-state index < -0.39 is 17.7 Å². The molecule has 1 N–H and O–H groups in total. The smallest absolute Gasteiger partial charge is 0.301 e. The molecule has 43 heavy (non-hydrogen) atoms. The number of Topliss-reactive ketones (excluding diaryl/α,β-unsaturated/α-hetero) is 1. The van der Waals surface area contributed by atoms with Gasteiger partial charge in [-0.15, -0.1) is 0 Å². The van der Waals surface area contributed by atoms with E-state index in [-0.39, 0.29) is 28.8 Å². The molecule has 1 amide bonds. The van der Waals surface area contributed by atoms with Crippen molar-refractivity contribution in [3.63, 3.8) is 0 Å². The summed E-state index contributed by atoms with van der Waals surface area (Å²) in [6.45, 7) is 9.87. The van der Waals surface area contributed by atoms with Crippen LogP contribution in [-0.4, -0.2) is 44.4 Å². The Morgan fingerprint density at radius 2 is 1.93 bits per heavy atom. The number of imidazole rings is 1. The minimum atomic E-state index is -1.03. The Kier molecular flexibility index (Phi) is 7.41. The second-order valence-corrected chi connectivity index (χ2v) is 11.4. The highest BCUT2D eigenvalue weighted by molar-refractivity contribution is 7.22. The minimum absolute atomic E-state index is 0.103. The van der Waals surface area contributed by atoms with Gasteiger partial charge in [-0.3, -0.25) is 14.5 Å². The summed E-state index contributed by atoms with van der Waals surface area (Å²) in [6.07, 6.45) is 3.46. The first-order valence-electron chi connectivity index (χ1n) is 13.6. The highest BCUT2D eigenvalue weighted by atomic mass is 35.5. The predicted molar refractivity (Wildman–Crippen MR) is 167 cm³/mol. The van der Waals surface area contributed by atoms with Crippen LogP contribution in [0, 0.1) is 13.8 Å². The first-order valence-corrected chi connectivity index (χ1v) is 14.7. The summed E-state index contributed by atoms with van der Waals surface area (Å²) in [5.74, 6) is -1.15. The van der Waals surface area contributed by atoms with Crippen molar-refractivity contribution in [1.82, 2.24) is 14.4 Å². The topological polar surface area (TPSA) is 106 Å². The maximum atomic E-state index is 13.8. The van der Waals surface area contributed by atoms with E-state index in [0.717, 1.165) is 10.3 Å². The fourth-order valence-electron chi connectivity index (χ4n) is 5.24. The molecular formula is C32H27ClN4O5S. The van der Waals surface area contributed by atoms with Crippen LogP contribution in [-0.2, 0) is 9.59 Å². The molecule has 3 aromatic heterocycles. The summed E-state index contributed by atoms with van der Waals surface area (Å²) in [4.78, 5) is 38.3. The summed E-state index contributed by atoms with van der Waals surface area (Å²) >= 11 is 7.44. The lowest BCUT2D eigenvalue weighted by molar-refractivity contribution is -0.132. The molecule has 2 aromatic carbocycles. The number of aliphatic hydroxyl groups is 1. The highest BCUT2D eigenvalue weighted by Crippen LogP contribution is 2.46. The normalized spacial score (nSPS) is 16.4. The Bertz CT molecular complexity index is 1980. The number of nitrogens with zero attached hydrogens (tertiary/aromatic N) is 4. The Hall–Kier alpha value is -4.67. The lowest BCUT2D eigenvalue weighted by atomic mass is 9.96. The standard InChI is InChI=1S/C32H27ClN4O5S/c1-5-14-42-22-12-9-19(15-23(22)41-6-2)27-25(28(38)26-18(4)36-13-7-8-17(3)30(36)35-26)29(39)31(40)37(27)32-34-21-11-10-20(33)16-24(21)43-32/h5,7-13,15-16,27,38H,1,6,14H2,2-4H3/b28-25+. The predicted octanol–water partition coefficient (Wildman–Crippen LogP) is 6.80. The number of aromatic nitrogens is 3. The molecule has 0 aliphatic carbocycles. The monoisotopic (exact) mass is 614 g/mol. The molecule has 4 heterocycles.